The Hall–Kier alpha value is -2.78. The fourth-order valence-electron chi connectivity index (χ4n) is 3.18. The molecule has 1 aliphatic heterocycles. The molecule has 1 aliphatic rings. The molecule has 0 unspecified atom stereocenters. The topological polar surface area (TPSA) is 80.3 Å². The number of urea groups is 1. The lowest BCUT2D eigenvalue weighted by Crippen LogP contribution is -2.51. The first-order chi connectivity index (χ1) is 14.0. The van der Waals surface area contributed by atoms with E-state index in [0.717, 1.165) is 4.88 Å². The third kappa shape index (κ3) is 4.99. The summed E-state index contributed by atoms with van der Waals surface area (Å²) in [6.45, 7) is 2.78. The summed E-state index contributed by atoms with van der Waals surface area (Å²) in [5.41, 5.74) is 0.555. The molecule has 1 saturated heterocycles. The van der Waals surface area contributed by atoms with Crippen LogP contribution in [0.3, 0.4) is 0 Å². The molecule has 2 heterocycles. The molecule has 0 aliphatic carbocycles. The van der Waals surface area contributed by atoms with E-state index in [1.54, 1.807) is 17.0 Å². The lowest BCUT2D eigenvalue weighted by molar-refractivity contribution is 0.0887. The number of rotatable bonds is 7. The van der Waals surface area contributed by atoms with E-state index in [0.29, 0.717) is 55.7 Å². The minimum Gasteiger partial charge on any atom is -0.493 e. The van der Waals surface area contributed by atoms with Crippen LogP contribution >= 0.6 is 11.3 Å². The van der Waals surface area contributed by atoms with Gasteiger partial charge >= 0.3 is 6.03 Å². The number of Topliss-reactive ketones (excluding diaryl/α,β-unsaturated/α-hetero) is 1. The molecular formula is C20H25N3O5S. The van der Waals surface area contributed by atoms with Crippen molar-refractivity contribution < 1.29 is 23.8 Å². The van der Waals surface area contributed by atoms with Crippen molar-refractivity contribution in [3.05, 3.63) is 34.5 Å². The van der Waals surface area contributed by atoms with Crippen molar-refractivity contribution in [3.63, 3.8) is 0 Å². The number of methoxy groups -OCH3 is 3. The lowest BCUT2D eigenvalue weighted by atomic mass is 10.2. The van der Waals surface area contributed by atoms with E-state index >= 15 is 0 Å². The van der Waals surface area contributed by atoms with Gasteiger partial charge in [-0.3, -0.25) is 9.69 Å². The first kappa shape index (κ1) is 20.9. The third-order valence-electron chi connectivity index (χ3n) is 4.74. The van der Waals surface area contributed by atoms with E-state index < -0.39 is 0 Å². The molecule has 0 bridgehead atoms. The van der Waals surface area contributed by atoms with Crippen molar-refractivity contribution >= 4 is 28.8 Å². The van der Waals surface area contributed by atoms with E-state index in [4.69, 9.17) is 14.2 Å². The molecule has 1 aromatic carbocycles. The van der Waals surface area contributed by atoms with Crippen LogP contribution in [0.15, 0.2) is 29.6 Å². The Balaban J connectivity index is 1.56. The molecule has 1 fully saturated rings. The summed E-state index contributed by atoms with van der Waals surface area (Å²) in [6, 6.07) is 6.89. The Morgan fingerprint density at radius 1 is 1.03 bits per heavy atom. The number of carbonyl (C=O) groups is 2. The van der Waals surface area contributed by atoms with Crippen molar-refractivity contribution in [2.24, 2.45) is 0 Å². The van der Waals surface area contributed by atoms with Crippen LogP contribution in [0.25, 0.3) is 0 Å². The van der Waals surface area contributed by atoms with Gasteiger partial charge in [-0.15, -0.1) is 11.3 Å². The molecule has 9 heteroatoms. The van der Waals surface area contributed by atoms with Crippen LogP contribution in [0.4, 0.5) is 10.5 Å². The van der Waals surface area contributed by atoms with Crippen molar-refractivity contribution in [2.45, 2.75) is 0 Å². The number of amides is 2. The van der Waals surface area contributed by atoms with Crippen molar-refractivity contribution in [2.75, 3.05) is 59.4 Å². The fourth-order valence-corrected chi connectivity index (χ4v) is 3.84. The van der Waals surface area contributed by atoms with Crippen LogP contribution < -0.4 is 19.5 Å². The van der Waals surface area contributed by atoms with Gasteiger partial charge in [-0.2, -0.15) is 0 Å². The van der Waals surface area contributed by atoms with E-state index in [-0.39, 0.29) is 11.8 Å². The normalized spacial score (nSPS) is 14.4. The van der Waals surface area contributed by atoms with Crippen molar-refractivity contribution in [1.29, 1.82) is 0 Å². The average Bonchev–Trinajstić information content (AvgIpc) is 3.28. The molecule has 8 nitrogen and oxygen atoms in total. The van der Waals surface area contributed by atoms with Crippen LogP contribution in [0.2, 0.25) is 0 Å². The summed E-state index contributed by atoms with van der Waals surface area (Å²) < 4.78 is 15.9. The molecule has 29 heavy (non-hydrogen) atoms. The molecule has 1 N–H and O–H groups in total. The van der Waals surface area contributed by atoms with Gasteiger partial charge in [-0.05, 0) is 11.4 Å². The van der Waals surface area contributed by atoms with Crippen LogP contribution in [0, 0.1) is 0 Å². The first-order valence-electron chi connectivity index (χ1n) is 9.20. The van der Waals surface area contributed by atoms with Gasteiger partial charge in [0.15, 0.2) is 17.3 Å². The highest BCUT2D eigenvalue weighted by Crippen LogP contribution is 2.40. The molecule has 1 aromatic heterocycles. The largest absolute Gasteiger partial charge is 0.493 e. The highest BCUT2D eigenvalue weighted by atomic mass is 32.1. The smallest absolute Gasteiger partial charge is 0.321 e. The third-order valence-corrected chi connectivity index (χ3v) is 5.65. The minimum absolute atomic E-state index is 0.121. The van der Waals surface area contributed by atoms with Crippen molar-refractivity contribution in [1.82, 2.24) is 9.80 Å². The number of carbonyl (C=O) groups excluding carboxylic acids is 2. The zero-order valence-corrected chi connectivity index (χ0v) is 17.6. The van der Waals surface area contributed by atoms with Crippen LogP contribution in [0.5, 0.6) is 17.2 Å². The number of ketones is 1. The highest BCUT2D eigenvalue weighted by molar-refractivity contribution is 7.12. The zero-order valence-electron chi connectivity index (χ0n) is 16.8. The van der Waals surface area contributed by atoms with Crippen molar-refractivity contribution in [3.8, 4) is 17.2 Å². The molecule has 2 amide bonds. The number of nitrogens with zero attached hydrogens (tertiary/aromatic N) is 2. The molecule has 156 valence electrons. The molecule has 0 radical (unpaired) electrons. The first-order valence-corrected chi connectivity index (χ1v) is 10.1. The maximum Gasteiger partial charge on any atom is 0.321 e. The number of hydrogen-bond donors (Lipinski definition) is 1. The predicted octanol–water partition coefficient (Wildman–Crippen LogP) is 2.81. The van der Waals surface area contributed by atoms with Crippen LogP contribution in [0.1, 0.15) is 9.67 Å². The number of thiophene rings is 1. The summed E-state index contributed by atoms with van der Waals surface area (Å²) in [5.74, 6) is 1.53. The van der Waals surface area contributed by atoms with E-state index in [9.17, 15) is 9.59 Å². The number of benzene rings is 1. The Bertz CT molecular complexity index is 823. The second-order valence-corrected chi connectivity index (χ2v) is 7.46. The lowest BCUT2D eigenvalue weighted by Gasteiger charge is -2.34. The van der Waals surface area contributed by atoms with Gasteiger partial charge < -0.3 is 24.4 Å². The number of nitrogens with one attached hydrogen (secondary N) is 1. The molecular weight excluding hydrogens is 394 g/mol. The van der Waals surface area contributed by atoms with Gasteiger partial charge in [0.2, 0.25) is 5.75 Å². The molecule has 0 saturated carbocycles. The Morgan fingerprint density at radius 3 is 2.21 bits per heavy atom. The fraction of sp³-hybridized carbons (Fsp3) is 0.400. The number of ether oxygens (including phenoxy) is 3. The summed E-state index contributed by atoms with van der Waals surface area (Å²) in [6.07, 6.45) is 0. The van der Waals surface area contributed by atoms with Gasteiger partial charge in [0, 0.05) is 38.3 Å². The Labute approximate surface area is 174 Å². The second kappa shape index (κ2) is 9.62. The molecule has 2 aromatic rings. The number of anilines is 1. The molecule has 0 atom stereocenters. The Morgan fingerprint density at radius 2 is 1.69 bits per heavy atom. The van der Waals surface area contributed by atoms with Gasteiger partial charge in [-0.1, -0.05) is 6.07 Å². The molecule has 3 rings (SSSR count). The van der Waals surface area contributed by atoms with Gasteiger partial charge in [0.1, 0.15) is 0 Å². The van der Waals surface area contributed by atoms with Crippen LogP contribution in [-0.4, -0.2) is 75.7 Å². The summed E-state index contributed by atoms with van der Waals surface area (Å²) in [5, 5.41) is 4.78. The summed E-state index contributed by atoms with van der Waals surface area (Å²) in [4.78, 5) is 29.5. The second-order valence-electron chi connectivity index (χ2n) is 6.51. The maximum absolute atomic E-state index is 12.7. The average molecular weight is 420 g/mol. The standard InChI is InChI=1S/C20H25N3O5S/c1-26-16-11-14(12-17(27-2)19(16)28-3)21-20(25)23-8-6-22(7-9-23)13-15(24)18-5-4-10-29-18/h4-5,10-12H,6-9,13H2,1-3H3,(H,21,25). The SMILES string of the molecule is COc1cc(NC(=O)N2CCN(CC(=O)c3cccs3)CC2)cc(OC)c1OC. The Kier molecular flexibility index (Phi) is 6.95. The maximum atomic E-state index is 12.7. The monoisotopic (exact) mass is 419 g/mol. The zero-order chi connectivity index (χ0) is 20.8. The minimum atomic E-state index is -0.205. The predicted molar refractivity (Wildman–Crippen MR) is 112 cm³/mol. The van der Waals surface area contributed by atoms with E-state index in [1.807, 2.05) is 17.5 Å². The van der Waals surface area contributed by atoms with Crippen LogP contribution in [-0.2, 0) is 0 Å². The quantitative estimate of drug-likeness (QED) is 0.695. The van der Waals surface area contributed by atoms with Gasteiger partial charge in [-0.25, -0.2) is 4.79 Å². The van der Waals surface area contributed by atoms with E-state index in [1.165, 1.54) is 32.7 Å². The van der Waals surface area contributed by atoms with Gasteiger partial charge in [0.05, 0.1) is 38.4 Å². The summed E-state index contributed by atoms with van der Waals surface area (Å²) in [7, 11) is 4.58. The number of hydrogen-bond acceptors (Lipinski definition) is 7. The molecule has 0 spiro atoms. The highest BCUT2D eigenvalue weighted by Gasteiger charge is 2.24. The van der Waals surface area contributed by atoms with E-state index in [2.05, 4.69) is 10.2 Å². The van der Waals surface area contributed by atoms with Gasteiger partial charge in [0.25, 0.3) is 0 Å². The number of piperazine rings is 1. The summed E-state index contributed by atoms with van der Waals surface area (Å²) >= 11 is 1.45.